The summed E-state index contributed by atoms with van der Waals surface area (Å²) in [5.74, 6) is 1.33. The lowest BCUT2D eigenvalue weighted by molar-refractivity contribution is -0.213. The number of allylic oxidation sites excluding steroid dienone is 2. The van der Waals surface area contributed by atoms with Crippen LogP contribution in [0.5, 0.6) is 0 Å². The number of rotatable bonds is 2. The van der Waals surface area contributed by atoms with Gasteiger partial charge in [-0.25, -0.2) is 0 Å². The van der Waals surface area contributed by atoms with Crippen LogP contribution in [0.15, 0.2) is 11.6 Å². The highest BCUT2D eigenvalue weighted by Crippen LogP contribution is 2.75. The molecule has 0 heterocycles. The van der Waals surface area contributed by atoms with Crippen LogP contribution in [-0.2, 0) is 19.1 Å². The SMILES string of the molecule is COC(=O)[C@]12CCC(C)(C)C[C@@H]1C1=CC[C@@H]3[C@@]4(C)CCC(OC(C)=O)C(C)(C)C4CC[C@@]3(C)[C@]1(C)CC2. The van der Waals surface area contributed by atoms with Gasteiger partial charge in [-0.15, -0.1) is 0 Å². The first-order valence-electron chi connectivity index (χ1n) is 15.0. The highest BCUT2D eigenvalue weighted by Gasteiger charge is 2.69. The van der Waals surface area contributed by atoms with Crippen molar-refractivity contribution >= 4 is 11.9 Å². The van der Waals surface area contributed by atoms with Crippen molar-refractivity contribution in [3.8, 4) is 0 Å². The molecule has 0 saturated heterocycles. The first kappa shape index (κ1) is 27.3. The zero-order chi connectivity index (χ0) is 27.2. The third kappa shape index (κ3) is 3.58. The van der Waals surface area contributed by atoms with Gasteiger partial charge < -0.3 is 9.47 Å². The zero-order valence-corrected chi connectivity index (χ0v) is 25.1. The zero-order valence-electron chi connectivity index (χ0n) is 25.1. The average molecular weight is 513 g/mol. The Hall–Kier alpha value is -1.32. The van der Waals surface area contributed by atoms with Crippen molar-refractivity contribution in [1.82, 2.24) is 0 Å². The van der Waals surface area contributed by atoms with Gasteiger partial charge in [0.2, 0.25) is 0 Å². The van der Waals surface area contributed by atoms with E-state index in [1.807, 2.05) is 0 Å². The lowest BCUT2D eigenvalue weighted by Crippen LogP contribution is -2.65. The summed E-state index contributed by atoms with van der Waals surface area (Å²) in [5, 5.41) is 0. The summed E-state index contributed by atoms with van der Waals surface area (Å²) in [6.45, 7) is 18.8. The minimum Gasteiger partial charge on any atom is -0.469 e. The van der Waals surface area contributed by atoms with E-state index in [2.05, 4.69) is 54.5 Å². The molecule has 0 aromatic rings. The van der Waals surface area contributed by atoms with Gasteiger partial charge >= 0.3 is 11.9 Å². The largest absolute Gasteiger partial charge is 0.469 e. The predicted octanol–water partition coefficient (Wildman–Crippen LogP) is 7.89. The van der Waals surface area contributed by atoms with E-state index in [-0.39, 0.29) is 50.5 Å². The van der Waals surface area contributed by atoms with Crippen LogP contribution in [0.25, 0.3) is 0 Å². The van der Waals surface area contributed by atoms with Gasteiger partial charge in [0.05, 0.1) is 12.5 Å². The number of methoxy groups -OCH3 is 1. The number of esters is 2. The Morgan fingerprint density at radius 2 is 1.54 bits per heavy atom. The molecule has 208 valence electrons. The lowest BCUT2D eigenvalue weighted by atomic mass is 9.33. The minimum absolute atomic E-state index is 0.0116. The lowest BCUT2D eigenvalue weighted by Gasteiger charge is -2.71. The van der Waals surface area contributed by atoms with Gasteiger partial charge in [-0.2, -0.15) is 0 Å². The fraction of sp³-hybridized carbons (Fsp3) is 0.879. The van der Waals surface area contributed by atoms with Crippen LogP contribution in [0.2, 0.25) is 0 Å². The van der Waals surface area contributed by atoms with Crippen molar-refractivity contribution in [2.45, 2.75) is 126 Å². The fourth-order valence-electron chi connectivity index (χ4n) is 11.2. The normalized spacial score (nSPS) is 47.8. The van der Waals surface area contributed by atoms with E-state index in [9.17, 15) is 9.59 Å². The topological polar surface area (TPSA) is 52.6 Å². The molecule has 0 spiro atoms. The van der Waals surface area contributed by atoms with E-state index < -0.39 is 0 Å². The Kier molecular flexibility index (Phi) is 6.14. The summed E-state index contributed by atoms with van der Waals surface area (Å²) in [7, 11) is 1.59. The monoisotopic (exact) mass is 512 g/mol. The molecular formula is C33H52O4. The molecule has 2 unspecified atom stereocenters. The molecule has 0 aliphatic heterocycles. The standard InChI is InChI=1S/C33H52O4/c1-21(34)37-26-13-14-30(6)24(29(26,4)5)12-15-32(8)25(30)11-10-22-23-20-28(2,3)16-18-33(23,27(35)36-9)19-17-31(22,32)7/h10,23-26H,11-20H2,1-9H3/t23-,24?,25-,26?,30+,31-,32-,33+/m1/s1. The summed E-state index contributed by atoms with van der Waals surface area (Å²) in [6.07, 6.45) is 13.4. The van der Waals surface area contributed by atoms with Crippen LogP contribution in [0.3, 0.4) is 0 Å². The second-order valence-electron chi connectivity index (χ2n) is 15.8. The number of fused-ring (bicyclic) bond motifs is 7. The molecule has 0 radical (unpaired) electrons. The molecule has 4 saturated carbocycles. The van der Waals surface area contributed by atoms with Gasteiger partial charge in [0.1, 0.15) is 6.10 Å². The maximum Gasteiger partial charge on any atom is 0.312 e. The number of ether oxygens (including phenoxy) is 2. The third-order valence-corrected chi connectivity index (χ3v) is 13.5. The van der Waals surface area contributed by atoms with Gasteiger partial charge in [0, 0.05) is 12.3 Å². The number of hydrogen-bond acceptors (Lipinski definition) is 4. The van der Waals surface area contributed by atoms with Crippen molar-refractivity contribution in [2.24, 2.45) is 50.2 Å². The molecule has 0 N–H and O–H groups in total. The quantitative estimate of drug-likeness (QED) is 0.279. The van der Waals surface area contributed by atoms with Crippen molar-refractivity contribution in [3.05, 3.63) is 11.6 Å². The predicted molar refractivity (Wildman–Crippen MR) is 147 cm³/mol. The molecule has 4 nitrogen and oxygen atoms in total. The first-order valence-corrected chi connectivity index (χ1v) is 15.0. The van der Waals surface area contributed by atoms with Crippen molar-refractivity contribution < 1.29 is 19.1 Å². The summed E-state index contributed by atoms with van der Waals surface area (Å²) in [4.78, 5) is 25.3. The molecule has 5 rings (SSSR count). The Bertz CT molecular complexity index is 1010. The van der Waals surface area contributed by atoms with Crippen LogP contribution in [0.1, 0.15) is 120 Å². The van der Waals surface area contributed by atoms with Crippen LogP contribution in [0, 0.1) is 50.2 Å². The van der Waals surface area contributed by atoms with E-state index in [1.54, 1.807) is 19.6 Å². The number of hydrogen-bond donors (Lipinski definition) is 0. The Morgan fingerprint density at radius 3 is 2.19 bits per heavy atom. The summed E-state index contributed by atoms with van der Waals surface area (Å²) in [6, 6.07) is 0. The Labute approximate surface area is 225 Å². The third-order valence-electron chi connectivity index (χ3n) is 13.5. The van der Waals surface area contributed by atoms with Crippen LogP contribution in [0.4, 0.5) is 0 Å². The van der Waals surface area contributed by atoms with E-state index in [1.165, 1.54) is 12.8 Å². The van der Waals surface area contributed by atoms with E-state index in [0.29, 0.717) is 17.8 Å². The van der Waals surface area contributed by atoms with Gasteiger partial charge in [-0.1, -0.05) is 60.1 Å². The molecule has 4 heteroatoms. The second kappa shape index (κ2) is 8.34. The van der Waals surface area contributed by atoms with Crippen molar-refractivity contribution in [1.29, 1.82) is 0 Å². The maximum absolute atomic E-state index is 13.4. The molecule has 0 bridgehead atoms. The Balaban J connectivity index is 1.55. The smallest absolute Gasteiger partial charge is 0.312 e. The molecule has 4 fully saturated rings. The van der Waals surface area contributed by atoms with Crippen molar-refractivity contribution in [3.63, 3.8) is 0 Å². The van der Waals surface area contributed by atoms with E-state index in [0.717, 1.165) is 51.4 Å². The Morgan fingerprint density at radius 1 is 0.865 bits per heavy atom. The number of carbonyl (C=O) groups is 2. The van der Waals surface area contributed by atoms with E-state index >= 15 is 0 Å². The molecular weight excluding hydrogens is 460 g/mol. The molecule has 0 amide bonds. The summed E-state index contributed by atoms with van der Waals surface area (Å²) < 4.78 is 11.4. The molecule has 0 aromatic heterocycles. The molecule has 8 atom stereocenters. The first-order chi connectivity index (χ1) is 17.1. The van der Waals surface area contributed by atoms with Crippen molar-refractivity contribution in [2.75, 3.05) is 7.11 Å². The second-order valence-corrected chi connectivity index (χ2v) is 15.8. The highest BCUT2D eigenvalue weighted by atomic mass is 16.5. The maximum atomic E-state index is 13.4. The van der Waals surface area contributed by atoms with E-state index in [4.69, 9.17) is 9.47 Å². The number of carbonyl (C=O) groups excluding carboxylic acids is 2. The molecule has 5 aliphatic carbocycles. The van der Waals surface area contributed by atoms with Crippen LogP contribution in [-0.4, -0.2) is 25.2 Å². The van der Waals surface area contributed by atoms with Gasteiger partial charge in [-0.05, 0) is 104 Å². The molecule has 0 aromatic carbocycles. The average Bonchev–Trinajstić information content (AvgIpc) is 2.80. The highest BCUT2D eigenvalue weighted by molar-refractivity contribution is 5.78. The summed E-state index contributed by atoms with van der Waals surface area (Å²) in [5.41, 5.74) is 2.01. The minimum atomic E-state index is -0.343. The summed E-state index contributed by atoms with van der Waals surface area (Å²) >= 11 is 0. The fourth-order valence-corrected chi connectivity index (χ4v) is 11.2. The van der Waals surface area contributed by atoms with Gasteiger partial charge in [0.25, 0.3) is 0 Å². The molecule has 5 aliphatic rings. The molecule has 37 heavy (non-hydrogen) atoms. The van der Waals surface area contributed by atoms with Gasteiger partial charge in [0.15, 0.2) is 0 Å². The van der Waals surface area contributed by atoms with Gasteiger partial charge in [-0.3, -0.25) is 9.59 Å². The van der Waals surface area contributed by atoms with Crippen LogP contribution >= 0.6 is 0 Å². The van der Waals surface area contributed by atoms with Crippen LogP contribution < -0.4 is 0 Å².